The van der Waals surface area contributed by atoms with Crippen LogP contribution in [0.15, 0.2) is 12.1 Å². The lowest BCUT2D eigenvalue weighted by molar-refractivity contribution is 0.382. The minimum Gasteiger partial charge on any atom is -0.495 e. The van der Waals surface area contributed by atoms with Crippen molar-refractivity contribution in [3.8, 4) is 11.5 Å². The molecule has 2 rings (SSSR count). The number of hydrogen-bond acceptors (Lipinski definition) is 3. The quantitative estimate of drug-likeness (QED) is 0.858. The number of benzene rings is 1. The number of nitrogens with one attached hydrogen (secondary N) is 1. The zero-order chi connectivity index (χ0) is 13.1. The van der Waals surface area contributed by atoms with Crippen LogP contribution in [0.4, 0.5) is 0 Å². The maximum absolute atomic E-state index is 6.29. The molecule has 0 spiro atoms. The number of ether oxygens (including phenoxy) is 2. The Morgan fingerprint density at radius 3 is 2.56 bits per heavy atom. The van der Waals surface area contributed by atoms with E-state index in [1.54, 1.807) is 14.2 Å². The molecular weight excluding hydrogens is 250 g/mol. The first kappa shape index (κ1) is 13.5. The Kier molecular flexibility index (Phi) is 4.36. The molecule has 1 fully saturated rings. The Morgan fingerprint density at radius 2 is 2.06 bits per heavy atom. The third-order valence-corrected chi connectivity index (χ3v) is 3.86. The van der Waals surface area contributed by atoms with Crippen molar-refractivity contribution < 1.29 is 9.47 Å². The third-order valence-electron chi connectivity index (χ3n) is 3.51. The highest BCUT2D eigenvalue weighted by Crippen LogP contribution is 2.43. The van der Waals surface area contributed by atoms with Gasteiger partial charge in [0, 0.05) is 11.6 Å². The molecule has 3 nitrogen and oxygen atoms in total. The van der Waals surface area contributed by atoms with Gasteiger partial charge in [-0.25, -0.2) is 0 Å². The van der Waals surface area contributed by atoms with Gasteiger partial charge in [0.1, 0.15) is 16.5 Å². The zero-order valence-corrected chi connectivity index (χ0v) is 11.9. The largest absolute Gasteiger partial charge is 0.495 e. The van der Waals surface area contributed by atoms with E-state index < -0.39 is 0 Å². The van der Waals surface area contributed by atoms with Crippen LogP contribution in [0.3, 0.4) is 0 Å². The van der Waals surface area contributed by atoms with Crippen molar-refractivity contribution in [2.45, 2.75) is 25.3 Å². The second-order valence-corrected chi connectivity index (χ2v) is 5.10. The Labute approximate surface area is 113 Å². The molecule has 100 valence electrons. The van der Waals surface area contributed by atoms with Gasteiger partial charge in [-0.2, -0.15) is 0 Å². The van der Waals surface area contributed by atoms with Gasteiger partial charge in [0.2, 0.25) is 0 Å². The van der Waals surface area contributed by atoms with Crippen LogP contribution in [0.25, 0.3) is 0 Å². The average Bonchev–Trinajstić information content (AvgIpc) is 3.19. The van der Waals surface area contributed by atoms with E-state index in [0.29, 0.717) is 10.8 Å². The van der Waals surface area contributed by atoms with E-state index in [2.05, 4.69) is 5.32 Å². The first-order valence-electron chi connectivity index (χ1n) is 6.28. The highest BCUT2D eigenvalue weighted by atomic mass is 35.5. The lowest BCUT2D eigenvalue weighted by Gasteiger charge is -2.21. The molecule has 0 aliphatic heterocycles. The molecule has 0 amide bonds. The van der Waals surface area contributed by atoms with Crippen LogP contribution in [0, 0.1) is 5.92 Å². The number of rotatable bonds is 6. The van der Waals surface area contributed by atoms with Crippen LogP contribution in [-0.2, 0) is 0 Å². The molecule has 1 N–H and O–H groups in total. The van der Waals surface area contributed by atoms with Crippen molar-refractivity contribution in [1.82, 2.24) is 5.32 Å². The molecule has 1 aromatic rings. The van der Waals surface area contributed by atoms with Gasteiger partial charge in [-0.1, -0.05) is 24.4 Å². The number of hydrogen-bond donors (Lipinski definition) is 1. The molecule has 1 atom stereocenters. The van der Waals surface area contributed by atoms with Gasteiger partial charge in [0.05, 0.1) is 14.2 Å². The van der Waals surface area contributed by atoms with Crippen molar-refractivity contribution in [3.05, 3.63) is 22.7 Å². The fourth-order valence-electron chi connectivity index (χ4n) is 2.28. The monoisotopic (exact) mass is 269 g/mol. The molecule has 4 heteroatoms. The molecule has 1 aliphatic carbocycles. The summed E-state index contributed by atoms with van der Waals surface area (Å²) in [6, 6.07) is 4.22. The Balaban J connectivity index is 2.32. The minimum absolute atomic E-state index is 0.288. The van der Waals surface area contributed by atoms with E-state index in [9.17, 15) is 0 Å². The molecule has 0 bridgehead atoms. The molecule has 0 radical (unpaired) electrons. The standard InChI is InChI=1S/C14H20ClNO2/c1-16-11(8-9-4-5-9)10-6-7-12(17-2)13(15)14(10)18-3/h6-7,9,11,16H,4-5,8H2,1-3H3. The highest BCUT2D eigenvalue weighted by Gasteiger charge is 2.28. The van der Waals surface area contributed by atoms with Gasteiger partial charge < -0.3 is 14.8 Å². The lowest BCUT2D eigenvalue weighted by atomic mass is 10.00. The van der Waals surface area contributed by atoms with Crippen molar-refractivity contribution in [1.29, 1.82) is 0 Å². The Hall–Kier alpha value is -0.930. The number of halogens is 1. The zero-order valence-electron chi connectivity index (χ0n) is 11.1. The molecule has 1 aromatic carbocycles. The molecular formula is C14H20ClNO2. The van der Waals surface area contributed by atoms with E-state index in [-0.39, 0.29) is 6.04 Å². The molecule has 0 saturated heterocycles. The molecule has 0 heterocycles. The summed E-state index contributed by atoms with van der Waals surface area (Å²) in [6.45, 7) is 0. The summed E-state index contributed by atoms with van der Waals surface area (Å²) < 4.78 is 10.7. The van der Waals surface area contributed by atoms with Crippen molar-refractivity contribution in [3.63, 3.8) is 0 Å². The highest BCUT2D eigenvalue weighted by molar-refractivity contribution is 6.33. The summed E-state index contributed by atoms with van der Waals surface area (Å²) in [7, 11) is 5.23. The van der Waals surface area contributed by atoms with Gasteiger partial charge in [0.25, 0.3) is 0 Å². The first-order valence-corrected chi connectivity index (χ1v) is 6.66. The summed E-state index contributed by atoms with van der Waals surface area (Å²) >= 11 is 6.29. The van der Waals surface area contributed by atoms with Crippen LogP contribution in [0.2, 0.25) is 5.02 Å². The first-order chi connectivity index (χ1) is 8.71. The van der Waals surface area contributed by atoms with Gasteiger partial charge in [-0.05, 0) is 31.5 Å². The maximum atomic E-state index is 6.29. The van der Waals surface area contributed by atoms with E-state index in [1.165, 1.54) is 12.8 Å². The topological polar surface area (TPSA) is 30.5 Å². The average molecular weight is 270 g/mol. The molecule has 18 heavy (non-hydrogen) atoms. The van der Waals surface area contributed by atoms with Crippen molar-refractivity contribution in [2.75, 3.05) is 21.3 Å². The summed E-state index contributed by atoms with van der Waals surface area (Å²) in [6.07, 6.45) is 3.81. The molecule has 1 aliphatic rings. The smallest absolute Gasteiger partial charge is 0.146 e. The maximum Gasteiger partial charge on any atom is 0.146 e. The van der Waals surface area contributed by atoms with Crippen LogP contribution in [0.1, 0.15) is 30.9 Å². The third kappa shape index (κ3) is 2.73. The second kappa shape index (κ2) is 5.81. The van der Waals surface area contributed by atoms with Gasteiger partial charge >= 0.3 is 0 Å². The van der Waals surface area contributed by atoms with Crippen LogP contribution in [0.5, 0.6) is 11.5 Å². The fourth-order valence-corrected chi connectivity index (χ4v) is 2.61. The van der Waals surface area contributed by atoms with Gasteiger partial charge in [-0.3, -0.25) is 0 Å². The summed E-state index contributed by atoms with van der Waals surface area (Å²) in [5, 5.41) is 3.90. The van der Waals surface area contributed by atoms with E-state index >= 15 is 0 Å². The summed E-state index contributed by atoms with van der Waals surface area (Å²) in [4.78, 5) is 0. The van der Waals surface area contributed by atoms with Gasteiger partial charge in [-0.15, -0.1) is 0 Å². The lowest BCUT2D eigenvalue weighted by Crippen LogP contribution is -2.18. The van der Waals surface area contributed by atoms with Crippen molar-refractivity contribution >= 4 is 11.6 Å². The van der Waals surface area contributed by atoms with E-state index in [4.69, 9.17) is 21.1 Å². The predicted molar refractivity (Wildman–Crippen MR) is 73.7 cm³/mol. The summed E-state index contributed by atoms with van der Waals surface area (Å²) in [5.41, 5.74) is 1.11. The van der Waals surface area contributed by atoms with Gasteiger partial charge in [0.15, 0.2) is 0 Å². The Morgan fingerprint density at radius 1 is 1.33 bits per heavy atom. The summed E-state index contributed by atoms with van der Waals surface area (Å²) in [5.74, 6) is 2.21. The van der Waals surface area contributed by atoms with Crippen LogP contribution < -0.4 is 14.8 Å². The molecule has 1 unspecified atom stereocenters. The van der Waals surface area contributed by atoms with E-state index in [1.807, 2.05) is 19.2 Å². The minimum atomic E-state index is 0.288. The number of methoxy groups -OCH3 is 2. The molecule has 0 aromatic heterocycles. The predicted octanol–water partition coefficient (Wildman–Crippen LogP) is 3.42. The fraction of sp³-hybridized carbons (Fsp3) is 0.571. The van der Waals surface area contributed by atoms with E-state index in [0.717, 1.165) is 23.7 Å². The Bertz CT molecular complexity index is 419. The molecule has 1 saturated carbocycles. The normalized spacial score (nSPS) is 16.4. The van der Waals surface area contributed by atoms with Crippen LogP contribution in [-0.4, -0.2) is 21.3 Å². The van der Waals surface area contributed by atoms with Crippen molar-refractivity contribution in [2.24, 2.45) is 5.92 Å². The SMILES string of the molecule is CNC(CC1CC1)c1ccc(OC)c(Cl)c1OC. The second-order valence-electron chi connectivity index (χ2n) is 4.72. The van der Waals surface area contributed by atoms with Crippen LogP contribution >= 0.6 is 11.6 Å².